The summed E-state index contributed by atoms with van der Waals surface area (Å²) in [6, 6.07) is 3.98. The van der Waals surface area contributed by atoms with Crippen molar-refractivity contribution in [3.63, 3.8) is 0 Å². The van der Waals surface area contributed by atoms with Gasteiger partial charge in [0, 0.05) is 24.3 Å². The quantitative estimate of drug-likeness (QED) is 0.790. The summed E-state index contributed by atoms with van der Waals surface area (Å²) < 4.78 is 29.9. The second-order valence-corrected chi connectivity index (χ2v) is 5.75. The average Bonchev–Trinajstić information content (AvgIpc) is 2.90. The molecule has 0 saturated heterocycles. The smallest absolute Gasteiger partial charge is 0.149 e. The largest absolute Gasteiger partial charge is 0.380 e. The molecule has 3 aromatic rings. The van der Waals surface area contributed by atoms with Crippen LogP contribution in [0.3, 0.4) is 0 Å². The number of nitrogens with zero attached hydrogens (tertiary/aromatic N) is 4. The Hall–Kier alpha value is -2.57. The van der Waals surface area contributed by atoms with E-state index in [0.29, 0.717) is 12.2 Å². The molecule has 0 unspecified atom stereocenters. The van der Waals surface area contributed by atoms with Crippen LogP contribution in [0.25, 0.3) is 10.9 Å². The number of aryl methyl sites for hydroxylation is 2. The third-order valence-electron chi connectivity index (χ3n) is 4.12. The summed E-state index contributed by atoms with van der Waals surface area (Å²) in [5, 5.41) is 7.85. The van der Waals surface area contributed by atoms with Crippen molar-refractivity contribution in [2.45, 2.75) is 32.4 Å². The SMILES string of the molecule is Cc1nc2n(n1)C[C@H](Nc1ccnc3c(F)ccc(F)c13)CC2. The molecule has 0 spiro atoms. The maximum atomic E-state index is 14.1. The van der Waals surface area contributed by atoms with Crippen LogP contribution in [0, 0.1) is 18.6 Å². The Balaban J connectivity index is 1.68. The second kappa shape index (κ2) is 5.26. The molecule has 118 valence electrons. The van der Waals surface area contributed by atoms with Crippen LogP contribution < -0.4 is 5.32 Å². The minimum atomic E-state index is -0.525. The third kappa shape index (κ3) is 2.42. The maximum Gasteiger partial charge on any atom is 0.149 e. The van der Waals surface area contributed by atoms with Crippen molar-refractivity contribution in [3.8, 4) is 0 Å². The molecule has 3 heterocycles. The van der Waals surface area contributed by atoms with E-state index in [1.807, 2.05) is 11.6 Å². The zero-order valence-electron chi connectivity index (χ0n) is 12.6. The summed E-state index contributed by atoms with van der Waals surface area (Å²) in [6.07, 6.45) is 3.15. The van der Waals surface area contributed by atoms with Crippen LogP contribution in [-0.2, 0) is 13.0 Å². The van der Waals surface area contributed by atoms with Gasteiger partial charge in [-0.1, -0.05) is 0 Å². The van der Waals surface area contributed by atoms with Crippen LogP contribution in [0.4, 0.5) is 14.5 Å². The normalized spacial score (nSPS) is 17.3. The summed E-state index contributed by atoms with van der Waals surface area (Å²) in [7, 11) is 0. The van der Waals surface area contributed by atoms with E-state index >= 15 is 0 Å². The third-order valence-corrected chi connectivity index (χ3v) is 4.12. The van der Waals surface area contributed by atoms with Gasteiger partial charge in [-0.15, -0.1) is 0 Å². The molecule has 0 aliphatic carbocycles. The van der Waals surface area contributed by atoms with Crippen molar-refractivity contribution in [2.75, 3.05) is 5.32 Å². The molecule has 5 nitrogen and oxygen atoms in total. The first-order valence-electron chi connectivity index (χ1n) is 7.51. The zero-order chi connectivity index (χ0) is 16.0. The van der Waals surface area contributed by atoms with Crippen LogP contribution in [0.2, 0.25) is 0 Å². The van der Waals surface area contributed by atoms with Gasteiger partial charge < -0.3 is 5.32 Å². The molecule has 0 bridgehead atoms. The summed E-state index contributed by atoms with van der Waals surface area (Å²) in [4.78, 5) is 8.32. The zero-order valence-corrected chi connectivity index (χ0v) is 12.6. The molecule has 0 saturated carbocycles. The highest BCUT2D eigenvalue weighted by molar-refractivity contribution is 5.92. The predicted molar refractivity (Wildman–Crippen MR) is 82.1 cm³/mol. The molecular weight excluding hydrogens is 300 g/mol. The number of benzene rings is 1. The van der Waals surface area contributed by atoms with Crippen LogP contribution in [0.1, 0.15) is 18.1 Å². The Morgan fingerprint density at radius 3 is 2.91 bits per heavy atom. The summed E-state index contributed by atoms with van der Waals surface area (Å²) in [5.74, 6) is 0.716. The fourth-order valence-electron chi connectivity index (χ4n) is 3.09. The average molecular weight is 315 g/mol. The monoisotopic (exact) mass is 315 g/mol. The molecule has 4 rings (SSSR count). The Bertz CT molecular complexity index is 890. The van der Waals surface area contributed by atoms with Gasteiger partial charge in [-0.25, -0.2) is 18.4 Å². The standard InChI is InChI=1S/C16H15F2N5/c1-9-20-14-5-2-10(8-23(14)22-9)21-13-6-7-19-16-12(18)4-3-11(17)15(13)16/h3-4,6-7,10H,2,5,8H2,1H3,(H,19,21)/t10-/m1/s1. The Morgan fingerprint density at radius 1 is 1.22 bits per heavy atom. The van der Waals surface area contributed by atoms with E-state index in [0.717, 1.165) is 36.6 Å². The van der Waals surface area contributed by atoms with Gasteiger partial charge in [-0.05, 0) is 31.5 Å². The lowest BCUT2D eigenvalue weighted by molar-refractivity contribution is 0.441. The number of anilines is 1. The van der Waals surface area contributed by atoms with Crippen LogP contribution in [0.15, 0.2) is 24.4 Å². The highest BCUT2D eigenvalue weighted by Gasteiger charge is 2.22. The number of hydrogen-bond donors (Lipinski definition) is 1. The fraction of sp³-hybridized carbons (Fsp3) is 0.312. The van der Waals surface area contributed by atoms with Crippen molar-refractivity contribution in [1.82, 2.24) is 19.7 Å². The lowest BCUT2D eigenvalue weighted by Gasteiger charge is -2.25. The molecule has 1 N–H and O–H groups in total. The number of aromatic nitrogens is 4. The summed E-state index contributed by atoms with van der Waals surface area (Å²) >= 11 is 0. The first kappa shape index (κ1) is 14.0. The van der Waals surface area contributed by atoms with Gasteiger partial charge in [0.1, 0.15) is 28.8 Å². The predicted octanol–water partition coefficient (Wildman–Crippen LogP) is 2.84. The van der Waals surface area contributed by atoms with Crippen molar-refractivity contribution in [1.29, 1.82) is 0 Å². The van der Waals surface area contributed by atoms with Gasteiger partial charge in [0.2, 0.25) is 0 Å². The van der Waals surface area contributed by atoms with Crippen LogP contribution >= 0.6 is 0 Å². The molecule has 0 fully saturated rings. The Morgan fingerprint density at radius 2 is 2.04 bits per heavy atom. The highest BCUT2D eigenvalue weighted by Crippen LogP contribution is 2.28. The minimum absolute atomic E-state index is 0.0445. The first-order chi connectivity index (χ1) is 11.1. The van der Waals surface area contributed by atoms with E-state index in [-0.39, 0.29) is 16.9 Å². The van der Waals surface area contributed by atoms with E-state index < -0.39 is 11.6 Å². The number of pyridine rings is 1. The molecule has 1 aromatic carbocycles. The Kier molecular flexibility index (Phi) is 3.21. The van der Waals surface area contributed by atoms with E-state index in [1.54, 1.807) is 6.07 Å². The van der Waals surface area contributed by atoms with Crippen molar-refractivity contribution < 1.29 is 8.78 Å². The second-order valence-electron chi connectivity index (χ2n) is 5.75. The van der Waals surface area contributed by atoms with Crippen molar-refractivity contribution in [3.05, 3.63) is 47.7 Å². The minimum Gasteiger partial charge on any atom is -0.380 e. The topological polar surface area (TPSA) is 55.6 Å². The van der Waals surface area contributed by atoms with Gasteiger partial charge in [-0.2, -0.15) is 5.10 Å². The van der Waals surface area contributed by atoms with E-state index in [1.165, 1.54) is 6.20 Å². The van der Waals surface area contributed by atoms with Gasteiger partial charge >= 0.3 is 0 Å². The summed E-state index contributed by atoms with van der Waals surface area (Å²) in [6.45, 7) is 2.51. The number of hydrogen-bond acceptors (Lipinski definition) is 4. The number of halogens is 2. The van der Waals surface area contributed by atoms with Crippen molar-refractivity contribution >= 4 is 16.6 Å². The van der Waals surface area contributed by atoms with Gasteiger partial charge in [-0.3, -0.25) is 4.98 Å². The molecule has 1 aliphatic heterocycles. The van der Waals surface area contributed by atoms with E-state index in [2.05, 4.69) is 20.4 Å². The fourth-order valence-corrected chi connectivity index (χ4v) is 3.09. The molecular formula is C16H15F2N5. The molecule has 7 heteroatoms. The maximum absolute atomic E-state index is 14.1. The molecule has 0 amide bonds. The number of fused-ring (bicyclic) bond motifs is 2. The molecule has 1 aliphatic rings. The lowest BCUT2D eigenvalue weighted by Crippen LogP contribution is -2.32. The van der Waals surface area contributed by atoms with Crippen LogP contribution in [-0.4, -0.2) is 25.8 Å². The summed E-state index contributed by atoms with van der Waals surface area (Å²) in [5.41, 5.74) is 0.598. The highest BCUT2D eigenvalue weighted by atomic mass is 19.1. The van der Waals surface area contributed by atoms with Crippen molar-refractivity contribution in [2.24, 2.45) is 0 Å². The Labute approximate surface area is 131 Å². The van der Waals surface area contributed by atoms with E-state index in [9.17, 15) is 8.78 Å². The first-order valence-corrected chi connectivity index (χ1v) is 7.51. The molecule has 1 atom stereocenters. The van der Waals surface area contributed by atoms with Gasteiger partial charge in [0.15, 0.2) is 0 Å². The molecule has 2 aromatic heterocycles. The lowest BCUT2D eigenvalue weighted by atomic mass is 10.1. The number of nitrogens with one attached hydrogen (secondary N) is 1. The van der Waals surface area contributed by atoms with E-state index in [4.69, 9.17) is 0 Å². The van der Waals surface area contributed by atoms with Gasteiger partial charge in [0.25, 0.3) is 0 Å². The van der Waals surface area contributed by atoms with Crippen LogP contribution in [0.5, 0.6) is 0 Å². The number of rotatable bonds is 2. The molecule has 23 heavy (non-hydrogen) atoms. The van der Waals surface area contributed by atoms with Gasteiger partial charge in [0.05, 0.1) is 11.9 Å². The molecule has 0 radical (unpaired) electrons.